The SMILES string of the molecule is Cc1ccc2nc(N3CCS(=O)(=O)c4ccccc4C3)cc(NC3CN(C(=O)OC(C)(C)C)C3)c2c1. The summed E-state index contributed by atoms with van der Waals surface area (Å²) in [4.78, 5) is 21.4. The lowest BCUT2D eigenvalue weighted by molar-refractivity contribution is 0.0105. The molecule has 0 saturated carbocycles. The summed E-state index contributed by atoms with van der Waals surface area (Å²) in [5, 5.41) is 4.59. The maximum atomic E-state index is 12.8. The van der Waals surface area contributed by atoms with Crippen molar-refractivity contribution in [2.75, 3.05) is 35.6 Å². The van der Waals surface area contributed by atoms with E-state index in [2.05, 4.69) is 11.4 Å². The number of benzene rings is 2. The number of fused-ring (bicyclic) bond motifs is 2. The topological polar surface area (TPSA) is 91.8 Å². The van der Waals surface area contributed by atoms with Crippen LogP contribution in [0.2, 0.25) is 0 Å². The summed E-state index contributed by atoms with van der Waals surface area (Å²) in [5.41, 5.74) is 3.14. The molecule has 0 unspecified atom stereocenters. The van der Waals surface area contributed by atoms with Gasteiger partial charge in [-0.05, 0) is 51.5 Å². The minimum absolute atomic E-state index is 0.0356. The van der Waals surface area contributed by atoms with Crippen LogP contribution in [0.4, 0.5) is 16.3 Å². The minimum atomic E-state index is -3.35. The molecule has 0 radical (unpaired) electrons. The molecule has 2 aromatic carbocycles. The highest BCUT2D eigenvalue weighted by Gasteiger charge is 2.34. The third-order valence-electron chi connectivity index (χ3n) is 6.47. The normalized spacial score (nSPS) is 17.8. The molecule has 190 valence electrons. The summed E-state index contributed by atoms with van der Waals surface area (Å²) in [5.74, 6) is 0.762. The van der Waals surface area contributed by atoms with Crippen LogP contribution in [0.5, 0.6) is 0 Å². The number of aryl methyl sites for hydroxylation is 1. The zero-order valence-electron chi connectivity index (χ0n) is 21.1. The Morgan fingerprint density at radius 3 is 2.61 bits per heavy atom. The van der Waals surface area contributed by atoms with Crippen molar-refractivity contribution in [3.63, 3.8) is 0 Å². The highest BCUT2D eigenvalue weighted by atomic mass is 32.2. The van der Waals surface area contributed by atoms with Crippen LogP contribution in [-0.4, -0.2) is 61.4 Å². The van der Waals surface area contributed by atoms with E-state index in [-0.39, 0.29) is 17.9 Å². The van der Waals surface area contributed by atoms with Gasteiger partial charge in [0.2, 0.25) is 0 Å². The molecule has 1 saturated heterocycles. The Bertz CT molecular complexity index is 1430. The van der Waals surface area contributed by atoms with Crippen LogP contribution in [0.25, 0.3) is 10.9 Å². The van der Waals surface area contributed by atoms with Crippen LogP contribution in [0.3, 0.4) is 0 Å². The lowest BCUT2D eigenvalue weighted by Gasteiger charge is -2.40. The predicted molar refractivity (Wildman–Crippen MR) is 141 cm³/mol. The van der Waals surface area contributed by atoms with Gasteiger partial charge >= 0.3 is 6.09 Å². The first kappa shape index (κ1) is 24.4. The molecule has 2 aliphatic rings. The highest BCUT2D eigenvalue weighted by molar-refractivity contribution is 7.91. The number of hydrogen-bond acceptors (Lipinski definition) is 7. The maximum absolute atomic E-state index is 12.8. The van der Waals surface area contributed by atoms with E-state index in [0.717, 1.165) is 33.5 Å². The van der Waals surface area contributed by atoms with E-state index in [9.17, 15) is 13.2 Å². The summed E-state index contributed by atoms with van der Waals surface area (Å²) in [6.07, 6.45) is -0.305. The number of nitrogens with zero attached hydrogens (tertiary/aromatic N) is 3. The summed E-state index contributed by atoms with van der Waals surface area (Å²) < 4.78 is 31.2. The van der Waals surface area contributed by atoms with Crippen molar-refractivity contribution in [1.29, 1.82) is 0 Å². The molecule has 36 heavy (non-hydrogen) atoms. The lowest BCUT2D eigenvalue weighted by Crippen LogP contribution is -2.57. The number of ether oxygens (including phenoxy) is 1. The number of sulfone groups is 1. The third kappa shape index (κ3) is 4.97. The van der Waals surface area contributed by atoms with Crippen LogP contribution in [0.1, 0.15) is 31.9 Å². The van der Waals surface area contributed by atoms with Gasteiger partial charge in [-0.25, -0.2) is 18.2 Å². The molecule has 9 heteroatoms. The van der Waals surface area contributed by atoms with E-state index in [1.54, 1.807) is 17.0 Å². The van der Waals surface area contributed by atoms with E-state index in [1.807, 2.05) is 62.9 Å². The molecule has 5 rings (SSSR count). The smallest absolute Gasteiger partial charge is 0.410 e. The third-order valence-corrected chi connectivity index (χ3v) is 8.25. The summed E-state index contributed by atoms with van der Waals surface area (Å²) in [7, 11) is -3.35. The number of hydrogen-bond donors (Lipinski definition) is 1. The second kappa shape index (κ2) is 8.96. The number of carbonyl (C=O) groups is 1. The quantitative estimate of drug-likeness (QED) is 0.562. The average Bonchev–Trinajstić information content (AvgIpc) is 2.90. The van der Waals surface area contributed by atoms with E-state index >= 15 is 0 Å². The summed E-state index contributed by atoms with van der Waals surface area (Å²) in [6, 6.07) is 15.4. The van der Waals surface area contributed by atoms with E-state index < -0.39 is 15.4 Å². The molecule has 0 aliphatic carbocycles. The number of carbonyl (C=O) groups excluding carboxylic acids is 1. The molecule has 8 nitrogen and oxygen atoms in total. The number of rotatable bonds is 3. The number of nitrogens with one attached hydrogen (secondary N) is 1. The first-order valence-corrected chi connectivity index (χ1v) is 13.9. The number of anilines is 2. The van der Waals surface area contributed by atoms with Crippen LogP contribution in [0, 0.1) is 6.92 Å². The molecule has 0 atom stereocenters. The van der Waals surface area contributed by atoms with Crippen LogP contribution >= 0.6 is 0 Å². The molecule has 0 spiro atoms. The number of pyridine rings is 1. The van der Waals surface area contributed by atoms with Gasteiger partial charge in [-0.1, -0.05) is 29.8 Å². The monoisotopic (exact) mass is 508 g/mol. The molecule has 3 aromatic rings. The zero-order valence-corrected chi connectivity index (χ0v) is 21.9. The number of amides is 1. The van der Waals surface area contributed by atoms with Crippen LogP contribution < -0.4 is 10.2 Å². The van der Waals surface area contributed by atoms with Crippen LogP contribution in [0.15, 0.2) is 53.4 Å². The van der Waals surface area contributed by atoms with Crippen molar-refractivity contribution in [3.05, 3.63) is 59.7 Å². The Morgan fingerprint density at radius 1 is 1.11 bits per heavy atom. The number of likely N-dealkylation sites (tertiary alicyclic amines) is 1. The summed E-state index contributed by atoms with van der Waals surface area (Å²) >= 11 is 0. The lowest BCUT2D eigenvalue weighted by atomic mass is 10.1. The Labute approximate surface area is 212 Å². The van der Waals surface area contributed by atoms with Crippen molar-refractivity contribution in [1.82, 2.24) is 9.88 Å². The van der Waals surface area contributed by atoms with Gasteiger partial charge < -0.3 is 19.9 Å². The van der Waals surface area contributed by atoms with Crippen molar-refractivity contribution < 1.29 is 17.9 Å². The maximum Gasteiger partial charge on any atom is 0.410 e. The molecule has 1 fully saturated rings. The molecule has 1 N–H and O–H groups in total. The van der Waals surface area contributed by atoms with Gasteiger partial charge in [-0.2, -0.15) is 0 Å². The van der Waals surface area contributed by atoms with E-state index in [4.69, 9.17) is 9.72 Å². The predicted octanol–water partition coefficient (Wildman–Crippen LogP) is 4.37. The molecule has 2 aliphatic heterocycles. The molecular formula is C27H32N4O4S. The highest BCUT2D eigenvalue weighted by Crippen LogP contribution is 2.32. The zero-order chi connectivity index (χ0) is 25.7. The fourth-order valence-corrected chi connectivity index (χ4v) is 6.13. The molecular weight excluding hydrogens is 476 g/mol. The molecule has 3 heterocycles. The van der Waals surface area contributed by atoms with Crippen molar-refractivity contribution in [2.24, 2.45) is 0 Å². The second-order valence-electron chi connectivity index (χ2n) is 10.6. The van der Waals surface area contributed by atoms with Gasteiger partial charge in [-0.3, -0.25) is 0 Å². The van der Waals surface area contributed by atoms with Gasteiger partial charge in [-0.15, -0.1) is 0 Å². The summed E-state index contributed by atoms with van der Waals surface area (Å²) in [6.45, 7) is 9.55. The first-order valence-electron chi connectivity index (χ1n) is 12.2. The van der Waals surface area contributed by atoms with Crippen molar-refractivity contribution in [2.45, 2.75) is 50.8 Å². The van der Waals surface area contributed by atoms with Crippen molar-refractivity contribution >= 4 is 38.3 Å². The van der Waals surface area contributed by atoms with E-state index in [1.165, 1.54) is 0 Å². The second-order valence-corrected chi connectivity index (χ2v) is 12.7. The average molecular weight is 509 g/mol. The number of aromatic nitrogens is 1. The van der Waals surface area contributed by atoms with E-state index in [0.29, 0.717) is 31.1 Å². The fraction of sp³-hybridized carbons (Fsp3) is 0.407. The van der Waals surface area contributed by atoms with Gasteiger partial charge in [0.15, 0.2) is 9.84 Å². The minimum Gasteiger partial charge on any atom is -0.444 e. The van der Waals surface area contributed by atoms with Gasteiger partial charge in [0.1, 0.15) is 11.4 Å². The fourth-order valence-electron chi connectivity index (χ4n) is 4.63. The van der Waals surface area contributed by atoms with Gasteiger partial charge in [0, 0.05) is 43.3 Å². The first-order chi connectivity index (χ1) is 17.0. The Balaban J connectivity index is 1.42. The molecule has 0 bridgehead atoms. The van der Waals surface area contributed by atoms with Gasteiger partial charge in [0.25, 0.3) is 0 Å². The van der Waals surface area contributed by atoms with Crippen LogP contribution in [-0.2, 0) is 21.1 Å². The Kier molecular flexibility index (Phi) is 6.06. The Hall–Kier alpha value is -3.33. The van der Waals surface area contributed by atoms with Gasteiger partial charge in [0.05, 0.1) is 22.2 Å². The standard InChI is InChI=1S/C27H32N4O4S/c1-18-9-10-22-21(13-18)23(28-20-16-31(17-20)26(32)35-27(2,3)4)14-25(29-22)30-11-12-36(33,34)24-8-6-5-7-19(24)15-30/h5-10,13-14,20H,11-12,15-17H2,1-4H3,(H,28,29). The van der Waals surface area contributed by atoms with Crippen molar-refractivity contribution in [3.8, 4) is 0 Å². The Morgan fingerprint density at radius 2 is 1.86 bits per heavy atom. The molecule has 1 aromatic heterocycles. The largest absolute Gasteiger partial charge is 0.444 e. The molecule has 1 amide bonds.